The van der Waals surface area contributed by atoms with E-state index in [4.69, 9.17) is 51.1 Å². The first-order valence-electron chi connectivity index (χ1n) is 6.63. The van der Waals surface area contributed by atoms with Gasteiger partial charge in [-0.05, 0) is 31.2 Å². The van der Waals surface area contributed by atoms with Gasteiger partial charge in [-0.2, -0.15) is 0 Å². The largest absolute Gasteiger partial charge is 0.464 e. The molecule has 0 bridgehead atoms. The van der Waals surface area contributed by atoms with Gasteiger partial charge in [0.15, 0.2) is 0 Å². The number of carbonyl (C=O) groups is 1. The van der Waals surface area contributed by atoms with Crippen molar-refractivity contribution in [1.82, 2.24) is 5.32 Å². The molecule has 122 valence electrons. The van der Waals surface area contributed by atoms with Crippen LogP contribution in [0.1, 0.15) is 15.9 Å². The van der Waals surface area contributed by atoms with Gasteiger partial charge in [0.05, 0.1) is 5.02 Å². The molecular formula is C16H13Cl4NO2. The van der Waals surface area contributed by atoms with Crippen LogP contribution in [0, 0.1) is 6.92 Å². The predicted molar refractivity (Wildman–Crippen MR) is 94.8 cm³/mol. The van der Waals surface area contributed by atoms with E-state index in [1.165, 1.54) is 0 Å². The first-order valence-corrected chi connectivity index (χ1v) is 8.14. The zero-order valence-corrected chi connectivity index (χ0v) is 15.0. The Balaban J connectivity index is 2.20. The van der Waals surface area contributed by atoms with Crippen molar-refractivity contribution in [2.24, 2.45) is 0 Å². The summed E-state index contributed by atoms with van der Waals surface area (Å²) in [6.45, 7) is 1.88. The molecule has 0 spiro atoms. The highest BCUT2D eigenvalue weighted by Crippen LogP contribution is 2.34. The van der Waals surface area contributed by atoms with Crippen molar-refractivity contribution in [2.45, 2.75) is 16.9 Å². The molecule has 1 unspecified atom stereocenters. The van der Waals surface area contributed by atoms with E-state index < -0.39 is 15.9 Å². The summed E-state index contributed by atoms with van der Waals surface area (Å²) in [7, 11) is 0. The van der Waals surface area contributed by atoms with Crippen LogP contribution >= 0.6 is 46.4 Å². The van der Waals surface area contributed by atoms with Gasteiger partial charge in [-0.15, -0.1) is 0 Å². The molecule has 2 rings (SSSR count). The molecule has 0 saturated carbocycles. The molecule has 0 aliphatic heterocycles. The zero-order chi connectivity index (χ0) is 17.0. The fourth-order valence-corrected chi connectivity index (χ4v) is 2.31. The number of amides is 1. The van der Waals surface area contributed by atoms with Crippen LogP contribution in [0.5, 0.6) is 5.75 Å². The van der Waals surface area contributed by atoms with Crippen LogP contribution in [0.4, 0.5) is 0 Å². The van der Waals surface area contributed by atoms with Crippen molar-refractivity contribution in [2.75, 3.05) is 0 Å². The third kappa shape index (κ3) is 5.18. The number of alkyl halides is 3. The van der Waals surface area contributed by atoms with E-state index in [1.54, 1.807) is 42.5 Å². The van der Waals surface area contributed by atoms with E-state index in [2.05, 4.69) is 5.32 Å². The highest BCUT2D eigenvalue weighted by Gasteiger charge is 2.36. The van der Waals surface area contributed by atoms with Crippen molar-refractivity contribution < 1.29 is 9.53 Å². The molecule has 3 nitrogen and oxygen atoms in total. The van der Waals surface area contributed by atoms with Gasteiger partial charge >= 0.3 is 0 Å². The van der Waals surface area contributed by atoms with Crippen LogP contribution in [-0.4, -0.2) is 15.9 Å². The van der Waals surface area contributed by atoms with E-state index in [1.807, 2.05) is 13.0 Å². The average molecular weight is 393 g/mol. The minimum Gasteiger partial charge on any atom is -0.464 e. The summed E-state index contributed by atoms with van der Waals surface area (Å²) in [5, 5.41) is 2.90. The normalized spacial score (nSPS) is 12.6. The molecule has 2 aromatic rings. The maximum Gasteiger partial charge on any atom is 0.254 e. The van der Waals surface area contributed by atoms with Crippen LogP contribution in [0.2, 0.25) is 5.02 Å². The summed E-state index contributed by atoms with van der Waals surface area (Å²) in [6, 6.07) is 13.7. The SMILES string of the molecule is Cc1cccc(C(=O)NC(Oc2ccccc2Cl)C(Cl)(Cl)Cl)c1. The lowest BCUT2D eigenvalue weighted by Crippen LogP contribution is -2.47. The van der Waals surface area contributed by atoms with Gasteiger partial charge < -0.3 is 10.1 Å². The van der Waals surface area contributed by atoms with Crippen LogP contribution in [0.15, 0.2) is 48.5 Å². The maximum absolute atomic E-state index is 12.3. The fourth-order valence-electron chi connectivity index (χ4n) is 1.83. The van der Waals surface area contributed by atoms with Gasteiger partial charge in [0.1, 0.15) is 5.75 Å². The van der Waals surface area contributed by atoms with Gasteiger partial charge in [0.2, 0.25) is 10.0 Å². The first kappa shape index (κ1) is 18.2. The Labute approximate surface area is 154 Å². The van der Waals surface area contributed by atoms with E-state index >= 15 is 0 Å². The molecule has 0 heterocycles. The quantitative estimate of drug-likeness (QED) is 0.576. The van der Waals surface area contributed by atoms with Crippen LogP contribution in [0.3, 0.4) is 0 Å². The standard InChI is InChI=1S/C16H13Cl4NO2/c1-10-5-4-6-11(9-10)14(22)21-15(16(18,19)20)23-13-8-3-2-7-12(13)17/h2-9,15H,1H3,(H,21,22). The number of carbonyl (C=O) groups excluding carboxylic acids is 1. The Bertz CT molecular complexity index is 700. The number of benzene rings is 2. The summed E-state index contributed by atoms with van der Waals surface area (Å²) in [4.78, 5) is 12.3. The smallest absolute Gasteiger partial charge is 0.254 e. The molecular weight excluding hydrogens is 380 g/mol. The second-order valence-electron chi connectivity index (χ2n) is 4.81. The summed E-state index contributed by atoms with van der Waals surface area (Å²) >= 11 is 23.8. The van der Waals surface area contributed by atoms with Gasteiger partial charge in [-0.3, -0.25) is 4.79 Å². The van der Waals surface area contributed by atoms with E-state index in [0.717, 1.165) is 5.56 Å². The number of nitrogens with one attached hydrogen (secondary N) is 1. The molecule has 0 aliphatic rings. The Kier molecular flexibility index (Phi) is 6.04. The number of rotatable bonds is 4. The second kappa shape index (κ2) is 7.63. The summed E-state index contributed by atoms with van der Waals surface area (Å²) in [6.07, 6.45) is -1.21. The lowest BCUT2D eigenvalue weighted by Gasteiger charge is -2.26. The van der Waals surface area contributed by atoms with Crippen molar-refractivity contribution in [3.8, 4) is 5.75 Å². The predicted octanol–water partition coefficient (Wildman–Crippen LogP) is 5.15. The molecule has 1 N–H and O–H groups in total. The Morgan fingerprint density at radius 3 is 2.43 bits per heavy atom. The van der Waals surface area contributed by atoms with Crippen molar-refractivity contribution in [3.05, 3.63) is 64.7 Å². The van der Waals surface area contributed by atoms with Gasteiger partial charge in [-0.1, -0.05) is 76.2 Å². The Morgan fingerprint density at radius 2 is 1.83 bits per heavy atom. The molecule has 1 amide bonds. The minimum absolute atomic E-state index is 0.301. The molecule has 0 saturated heterocycles. The van der Waals surface area contributed by atoms with Crippen molar-refractivity contribution >= 4 is 52.3 Å². The monoisotopic (exact) mass is 391 g/mol. The summed E-state index contributed by atoms with van der Waals surface area (Å²) in [5.74, 6) is -0.118. The minimum atomic E-state index is -1.88. The van der Waals surface area contributed by atoms with Gasteiger partial charge in [0.25, 0.3) is 5.91 Å². The van der Waals surface area contributed by atoms with Crippen molar-refractivity contribution in [1.29, 1.82) is 0 Å². The molecule has 7 heteroatoms. The van der Waals surface area contributed by atoms with Crippen LogP contribution in [0.25, 0.3) is 0 Å². The van der Waals surface area contributed by atoms with Crippen LogP contribution < -0.4 is 10.1 Å². The van der Waals surface area contributed by atoms with E-state index in [0.29, 0.717) is 16.3 Å². The molecule has 23 heavy (non-hydrogen) atoms. The molecule has 0 radical (unpaired) electrons. The number of para-hydroxylation sites is 1. The average Bonchev–Trinajstić information content (AvgIpc) is 2.47. The molecule has 0 fully saturated rings. The third-order valence-corrected chi connectivity index (χ3v) is 3.83. The number of halogens is 4. The lowest BCUT2D eigenvalue weighted by atomic mass is 10.1. The molecule has 0 aromatic heterocycles. The van der Waals surface area contributed by atoms with Crippen LogP contribution in [-0.2, 0) is 0 Å². The summed E-state index contributed by atoms with van der Waals surface area (Å²) < 4.78 is 3.70. The number of hydrogen-bond acceptors (Lipinski definition) is 2. The Hall–Kier alpha value is -1.13. The third-order valence-electron chi connectivity index (χ3n) is 2.92. The fraction of sp³-hybridized carbons (Fsp3) is 0.188. The van der Waals surface area contributed by atoms with E-state index in [9.17, 15) is 4.79 Å². The Morgan fingerprint density at radius 1 is 1.13 bits per heavy atom. The summed E-state index contributed by atoms with van der Waals surface area (Å²) in [5.41, 5.74) is 1.38. The topological polar surface area (TPSA) is 38.3 Å². The van der Waals surface area contributed by atoms with Gasteiger partial charge in [-0.25, -0.2) is 0 Å². The van der Waals surface area contributed by atoms with E-state index in [-0.39, 0.29) is 0 Å². The molecule has 1 atom stereocenters. The number of aryl methyl sites for hydroxylation is 1. The first-order chi connectivity index (χ1) is 10.8. The molecule has 0 aliphatic carbocycles. The maximum atomic E-state index is 12.3. The highest BCUT2D eigenvalue weighted by molar-refractivity contribution is 6.68. The highest BCUT2D eigenvalue weighted by atomic mass is 35.6. The second-order valence-corrected chi connectivity index (χ2v) is 7.59. The van der Waals surface area contributed by atoms with Gasteiger partial charge in [0, 0.05) is 5.56 Å². The number of ether oxygens (including phenoxy) is 1. The molecule has 2 aromatic carbocycles. The zero-order valence-electron chi connectivity index (χ0n) is 12.0. The van der Waals surface area contributed by atoms with Crippen molar-refractivity contribution in [3.63, 3.8) is 0 Å². The lowest BCUT2D eigenvalue weighted by molar-refractivity contribution is 0.0833. The number of hydrogen-bond donors (Lipinski definition) is 1.